The number of unbranched alkanes of at least 4 members (excludes halogenated alkanes) is 5. The molecule has 0 unspecified atom stereocenters. The first-order valence-electron chi connectivity index (χ1n) is 6.40. The third kappa shape index (κ3) is 13.4. The van der Waals surface area contributed by atoms with Crippen LogP contribution in [0.15, 0.2) is 0 Å². The van der Waals surface area contributed by atoms with Crippen molar-refractivity contribution in [3.05, 3.63) is 0 Å². The van der Waals surface area contributed by atoms with Crippen molar-refractivity contribution in [1.82, 2.24) is 10.6 Å². The molecule has 96 valence electrons. The summed E-state index contributed by atoms with van der Waals surface area (Å²) in [6.07, 6.45) is 7.88. The molecule has 0 heterocycles. The molecular weight excluding hydrogens is 204 g/mol. The Morgan fingerprint density at radius 3 is 2.25 bits per heavy atom. The normalized spacial score (nSPS) is 10.6. The maximum Gasteiger partial charge on any atom is 0.317 e. The van der Waals surface area contributed by atoms with Gasteiger partial charge in [0.15, 0.2) is 0 Å². The molecule has 0 saturated heterocycles. The maximum atomic E-state index is 10.2. The minimum Gasteiger partial charge on any atom is -0.480 e. The fourth-order valence-electron chi connectivity index (χ4n) is 1.53. The minimum atomic E-state index is -0.795. The quantitative estimate of drug-likeness (QED) is 0.446. The highest BCUT2D eigenvalue weighted by Crippen LogP contribution is 2.03. The van der Waals surface area contributed by atoms with Crippen molar-refractivity contribution in [2.24, 2.45) is 0 Å². The van der Waals surface area contributed by atoms with Crippen LogP contribution in [-0.4, -0.2) is 37.3 Å². The molecule has 0 aromatic carbocycles. The van der Waals surface area contributed by atoms with Crippen LogP contribution in [0.25, 0.3) is 0 Å². The fourth-order valence-corrected chi connectivity index (χ4v) is 1.53. The van der Waals surface area contributed by atoms with E-state index in [9.17, 15) is 4.79 Å². The summed E-state index contributed by atoms with van der Waals surface area (Å²) in [6, 6.07) is 0. The van der Waals surface area contributed by atoms with Gasteiger partial charge in [-0.1, -0.05) is 39.0 Å². The van der Waals surface area contributed by atoms with Crippen molar-refractivity contribution in [3.8, 4) is 0 Å². The molecular formula is C12H26N2O2. The van der Waals surface area contributed by atoms with Gasteiger partial charge < -0.3 is 15.7 Å². The number of carbonyl (C=O) groups is 1. The first-order valence-corrected chi connectivity index (χ1v) is 6.40. The van der Waals surface area contributed by atoms with E-state index in [2.05, 4.69) is 17.6 Å². The SMILES string of the molecule is CCCCCCCCNCCNCC(=O)O. The van der Waals surface area contributed by atoms with Crippen LogP contribution in [0.3, 0.4) is 0 Å². The number of nitrogens with one attached hydrogen (secondary N) is 2. The summed E-state index contributed by atoms with van der Waals surface area (Å²) in [7, 11) is 0. The third-order valence-corrected chi connectivity index (χ3v) is 2.46. The van der Waals surface area contributed by atoms with Crippen LogP contribution in [0.1, 0.15) is 45.4 Å². The second-order valence-corrected chi connectivity index (χ2v) is 4.09. The van der Waals surface area contributed by atoms with Crippen LogP contribution < -0.4 is 10.6 Å². The number of carboxylic acids is 1. The first kappa shape index (κ1) is 15.4. The van der Waals surface area contributed by atoms with Crippen molar-refractivity contribution in [1.29, 1.82) is 0 Å². The van der Waals surface area contributed by atoms with E-state index in [1.165, 1.54) is 38.5 Å². The molecule has 0 saturated carbocycles. The second-order valence-electron chi connectivity index (χ2n) is 4.09. The molecule has 0 aliphatic rings. The summed E-state index contributed by atoms with van der Waals surface area (Å²) in [5, 5.41) is 14.5. The Labute approximate surface area is 98.8 Å². The lowest BCUT2D eigenvalue weighted by Crippen LogP contribution is -2.31. The topological polar surface area (TPSA) is 61.4 Å². The monoisotopic (exact) mass is 230 g/mol. The lowest BCUT2D eigenvalue weighted by Gasteiger charge is -2.05. The molecule has 4 nitrogen and oxygen atoms in total. The van der Waals surface area contributed by atoms with Crippen LogP contribution in [-0.2, 0) is 4.79 Å². The van der Waals surface area contributed by atoms with Gasteiger partial charge in [-0.25, -0.2) is 0 Å². The van der Waals surface area contributed by atoms with Gasteiger partial charge in [-0.05, 0) is 13.0 Å². The zero-order valence-corrected chi connectivity index (χ0v) is 10.4. The van der Waals surface area contributed by atoms with Gasteiger partial charge in [-0.2, -0.15) is 0 Å². The molecule has 0 bridgehead atoms. The Balaban J connectivity index is 2.90. The van der Waals surface area contributed by atoms with Gasteiger partial charge in [0.2, 0.25) is 0 Å². The molecule has 4 heteroatoms. The molecule has 0 aliphatic heterocycles. The van der Waals surface area contributed by atoms with Gasteiger partial charge >= 0.3 is 5.97 Å². The van der Waals surface area contributed by atoms with Crippen LogP contribution in [0, 0.1) is 0 Å². The van der Waals surface area contributed by atoms with Crippen molar-refractivity contribution >= 4 is 5.97 Å². The standard InChI is InChI=1S/C12H26N2O2/c1-2-3-4-5-6-7-8-13-9-10-14-11-12(15)16/h13-14H,2-11H2,1H3,(H,15,16). The molecule has 0 atom stereocenters. The van der Waals surface area contributed by atoms with E-state index in [-0.39, 0.29) is 6.54 Å². The highest BCUT2D eigenvalue weighted by Gasteiger charge is 1.94. The molecule has 0 fully saturated rings. The Hall–Kier alpha value is -0.610. The summed E-state index contributed by atoms with van der Waals surface area (Å²) in [5.74, 6) is -0.795. The first-order chi connectivity index (χ1) is 7.77. The number of hydrogen-bond acceptors (Lipinski definition) is 3. The van der Waals surface area contributed by atoms with Crippen molar-refractivity contribution in [2.75, 3.05) is 26.2 Å². The van der Waals surface area contributed by atoms with E-state index in [0.29, 0.717) is 0 Å². The summed E-state index contributed by atoms with van der Waals surface area (Å²) >= 11 is 0. The van der Waals surface area contributed by atoms with E-state index in [4.69, 9.17) is 5.11 Å². The summed E-state index contributed by atoms with van der Waals surface area (Å²) in [4.78, 5) is 10.2. The number of carboxylic acid groups (broad SMARTS) is 1. The van der Waals surface area contributed by atoms with Gasteiger partial charge in [0, 0.05) is 13.1 Å². The van der Waals surface area contributed by atoms with E-state index in [1.807, 2.05) is 0 Å². The molecule has 0 radical (unpaired) electrons. The zero-order chi connectivity index (χ0) is 12.1. The maximum absolute atomic E-state index is 10.2. The van der Waals surface area contributed by atoms with Gasteiger partial charge in [-0.3, -0.25) is 4.79 Å². The molecule has 0 spiro atoms. The molecule has 0 aromatic heterocycles. The smallest absolute Gasteiger partial charge is 0.317 e. The van der Waals surface area contributed by atoms with Crippen LogP contribution in [0.2, 0.25) is 0 Å². The summed E-state index contributed by atoms with van der Waals surface area (Å²) in [5.41, 5.74) is 0. The van der Waals surface area contributed by atoms with Gasteiger partial charge in [-0.15, -0.1) is 0 Å². The predicted molar refractivity (Wildman–Crippen MR) is 66.8 cm³/mol. The summed E-state index contributed by atoms with van der Waals surface area (Å²) in [6.45, 7) is 4.90. The van der Waals surface area contributed by atoms with Gasteiger partial charge in [0.25, 0.3) is 0 Å². The molecule has 0 aromatic rings. The van der Waals surface area contributed by atoms with E-state index in [0.717, 1.165) is 19.6 Å². The average Bonchev–Trinajstić information content (AvgIpc) is 2.25. The lowest BCUT2D eigenvalue weighted by atomic mass is 10.1. The van der Waals surface area contributed by atoms with Crippen LogP contribution in [0.4, 0.5) is 0 Å². The van der Waals surface area contributed by atoms with Crippen molar-refractivity contribution in [2.45, 2.75) is 45.4 Å². The van der Waals surface area contributed by atoms with Crippen LogP contribution >= 0.6 is 0 Å². The highest BCUT2D eigenvalue weighted by molar-refractivity contribution is 5.68. The third-order valence-electron chi connectivity index (χ3n) is 2.46. The fraction of sp³-hybridized carbons (Fsp3) is 0.917. The number of rotatable bonds is 12. The van der Waals surface area contributed by atoms with Gasteiger partial charge in [0.05, 0.1) is 6.54 Å². The van der Waals surface area contributed by atoms with E-state index in [1.54, 1.807) is 0 Å². The van der Waals surface area contributed by atoms with E-state index < -0.39 is 5.97 Å². The van der Waals surface area contributed by atoms with Crippen molar-refractivity contribution < 1.29 is 9.90 Å². The Morgan fingerprint density at radius 2 is 1.56 bits per heavy atom. The molecule has 0 aliphatic carbocycles. The van der Waals surface area contributed by atoms with Crippen LogP contribution in [0.5, 0.6) is 0 Å². The molecule has 16 heavy (non-hydrogen) atoms. The largest absolute Gasteiger partial charge is 0.480 e. The summed E-state index contributed by atoms with van der Waals surface area (Å²) < 4.78 is 0. The molecule has 3 N–H and O–H groups in total. The average molecular weight is 230 g/mol. The van der Waals surface area contributed by atoms with Crippen molar-refractivity contribution in [3.63, 3.8) is 0 Å². The predicted octanol–water partition coefficient (Wildman–Crippen LogP) is 1.61. The highest BCUT2D eigenvalue weighted by atomic mass is 16.4. The lowest BCUT2D eigenvalue weighted by molar-refractivity contribution is -0.135. The Kier molecular flexibility index (Phi) is 12.0. The Morgan fingerprint density at radius 1 is 0.938 bits per heavy atom. The Bertz CT molecular complexity index is 163. The number of hydrogen-bond donors (Lipinski definition) is 3. The molecule has 0 rings (SSSR count). The zero-order valence-electron chi connectivity index (χ0n) is 10.4. The number of aliphatic carboxylic acids is 1. The van der Waals surface area contributed by atoms with E-state index >= 15 is 0 Å². The second kappa shape index (κ2) is 12.5. The molecule has 0 amide bonds. The minimum absolute atomic E-state index is 0.0543. The van der Waals surface area contributed by atoms with Gasteiger partial charge in [0.1, 0.15) is 0 Å².